The van der Waals surface area contributed by atoms with E-state index < -0.39 is 0 Å². The molecule has 0 aromatic rings. The SMILES string of the molecule is CCNC1CCN(C2CCOC3(CCOCC3)C2)CC1C. The number of hydrogen-bond donors (Lipinski definition) is 1. The van der Waals surface area contributed by atoms with Gasteiger partial charge in [0.2, 0.25) is 0 Å². The molecule has 3 heterocycles. The van der Waals surface area contributed by atoms with Gasteiger partial charge in [-0.15, -0.1) is 0 Å². The molecular weight excluding hydrogens is 264 g/mol. The standard InChI is InChI=1S/C17H32N2O2/c1-3-18-16-4-8-19(13-14(16)2)15-5-9-21-17(12-15)6-10-20-11-7-17/h14-16,18H,3-13H2,1-2H3. The first kappa shape index (κ1) is 15.7. The maximum absolute atomic E-state index is 6.19. The van der Waals surface area contributed by atoms with Gasteiger partial charge in [0.15, 0.2) is 0 Å². The Morgan fingerprint density at radius 1 is 1.19 bits per heavy atom. The van der Waals surface area contributed by atoms with E-state index in [1.54, 1.807) is 0 Å². The quantitative estimate of drug-likeness (QED) is 0.864. The van der Waals surface area contributed by atoms with Gasteiger partial charge in [0.1, 0.15) is 0 Å². The normalized spacial score (nSPS) is 37.7. The van der Waals surface area contributed by atoms with Crippen molar-refractivity contribution >= 4 is 0 Å². The van der Waals surface area contributed by atoms with E-state index in [9.17, 15) is 0 Å². The summed E-state index contributed by atoms with van der Waals surface area (Å²) >= 11 is 0. The van der Waals surface area contributed by atoms with Gasteiger partial charge in [0, 0.05) is 38.4 Å². The fraction of sp³-hybridized carbons (Fsp3) is 1.00. The van der Waals surface area contributed by atoms with Crippen LogP contribution in [0.4, 0.5) is 0 Å². The predicted molar refractivity (Wildman–Crippen MR) is 84.6 cm³/mol. The molecule has 0 bridgehead atoms. The molecule has 0 aromatic carbocycles. The van der Waals surface area contributed by atoms with Crippen molar-refractivity contribution < 1.29 is 9.47 Å². The molecule has 0 saturated carbocycles. The fourth-order valence-corrected chi connectivity index (χ4v) is 4.48. The summed E-state index contributed by atoms with van der Waals surface area (Å²) in [5.41, 5.74) is 0.128. The lowest BCUT2D eigenvalue weighted by Gasteiger charge is -2.49. The van der Waals surface area contributed by atoms with Gasteiger partial charge in [-0.1, -0.05) is 13.8 Å². The largest absolute Gasteiger partial charge is 0.381 e. The van der Waals surface area contributed by atoms with Crippen molar-refractivity contribution in [3.05, 3.63) is 0 Å². The van der Waals surface area contributed by atoms with E-state index in [-0.39, 0.29) is 5.60 Å². The van der Waals surface area contributed by atoms with E-state index in [1.165, 1.54) is 32.4 Å². The van der Waals surface area contributed by atoms with E-state index in [4.69, 9.17) is 9.47 Å². The topological polar surface area (TPSA) is 33.7 Å². The summed E-state index contributed by atoms with van der Waals surface area (Å²) in [5.74, 6) is 0.757. The summed E-state index contributed by atoms with van der Waals surface area (Å²) in [5, 5.41) is 3.65. The molecule has 0 aromatic heterocycles. The minimum Gasteiger partial charge on any atom is -0.381 e. The van der Waals surface area contributed by atoms with Crippen molar-refractivity contribution in [2.45, 2.75) is 63.6 Å². The Morgan fingerprint density at radius 3 is 2.71 bits per heavy atom. The molecule has 122 valence electrons. The Labute approximate surface area is 129 Å². The second-order valence-electron chi connectivity index (χ2n) is 7.22. The lowest BCUT2D eigenvalue weighted by molar-refractivity contribution is -0.153. The average molecular weight is 296 g/mol. The molecule has 21 heavy (non-hydrogen) atoms. The van der Waals surface area contributed by atoms with Gasteiger partial charge in [-0.25, -0.2) is 0 Å². The van der Waals surface area contributed by atoms with Crippen LogP contribution in [0.2, 0.25) is 0 Å². The van der Waals surface area contributed by atoms with E-state index in [0.29, 0.717) is 6.04 Å². The molecule has 3 aliphatic rings. The average Bonchev–Trinajstić information content (AvgIpc) is 2.50. The Bertz CT molecular complexity index is 325. The van der Waals surface area contributed by atoms with Crippen LogP contribution in [0.3, 0.4) is 0 Å². The summed E-state index contributed by atoms with van der Waals surface area (Å²) < 4.78 is 11.7. The molecule has 1 N–H and O–H groups in total. The van der Waals surface area contributed by atoms with Crippen molar-refractivity contribution in [3.8, 4) is 0 Å². The molecule has 0 aliphatic carbocycles. The highest BCUT2D eigenvalue weighted by atomic mass is 16.5. The number of nitrogens with one attached hydrogen (secondary N) is 1. The van der Waals surface area contributed by atoms with Crippen molar-refractivity contribution in [2.24, 2.45) is 5.92 Å². The Morgan fingerprint density at radius 2 is 2.00 bits per heavy atom. The van der Waals surface area contributed by atoms with Gasteiger partial charge in [0.05, 0.1) is 5.60 Å². The second kappa shape index (κ2) is 6.95. The molecule has 3 saturated heterocycles. The van der Waals surface area contributed by atoms with E-state index >= 15 is 0 Å². The lowest BCUT2D eigenvalue weighted by atomic mass is 9.82. The molecule has 3 aliphatic heterocycles. The van der Waals surface area contributed by atoms with Gasteiger partial charge < -0.3 is 14.8 Å². The predicted octanol–water partition coefficient (Wildman–Crippen LogP) is 2.03. The minimum absolute atomic E-state index is 0.128. The van der Waals surface area contributed by atoms with Crippen LogP contribution in [0.5, 0.6) is 0 Å². The summed E-state index contributed by atoms with van der Waals surface area (Å²) in [4.78, 5) is 2.75. The van der Waals surface area contributed by atoms with Gasteiger partial charge in [0.25, 0.3) is 0 Å². The first-order chi connectivity index (χ1) is 10.2. The van der Waals surface area contributed by atoms with Gasteiger partial charge in [-0.2, -0.15) is 0 Å². The zero-order valence-corrected chi connectivity index (χ0v) is 13.8. The van der Waals surface area contributed by atoms with Crippen molar-refractivity contribution in [1.29, 1.82) is 0 Å². The molecule has 4 heteroatoms. The Hall–Kier alpha value is -0.160. The first-order valence-corrected chi connectivity index (χ1v) is 8.91. The molecule has 3 atom stereocenters. The monoisotopic (exact) mass is 296 g/mol. The first-order valence-electron chi connectivity index (χ1n) is 8.91. The van der Waals surface area contributed by atoms with Gasteiger partial charge in [-0.3, -0.25) is 4.90 Å². The number of likely N-dealkylation sites (tertiary alicyclic amines) is 1. The number of rotatable bonds is 3. The smallest absolute Gasteiger partial charge is 0.0741 e. The number of ether oxygens (including phenoxy) is 2. The van der Waals surface area contributed by atoms with Crippen LogP contribution >= 0.6 is 0 Å². The molecule has 4 nitrogen and oxygen atoms in total. The Kier molecular flexibility index (Phi) is 5.20. The molecule has 0 radical (unpaired) electrons. The zero-order valence-electron chi connectivity index (χ0n) is 13.8. The fourth-order valence-electron chi connectivity index (χ4n) is 4.48. The van der Waals surface area contributed by atoms with Crippen LogP contribution in [0.1, 0.15) is 46.0 Å². The highest BCUT2D eigenvalue weighted by Crippen LogP contribution is 2.37. The summed E-state index contributed by atoms with van der Waals surface area (Å²) in [6.07, 6.45) is 5.90. The van der Waals surface area contributed by atoms with Crippen LogP contribution in [-0.4, -0.2) is 62.0 Å². The van der Waals surface area contributed by atoms with Crippen LogP contribution in [0.15, 0.2) is 0 Å². The van der Waals surface area contributed by atoms with Crippen molar-refractivity contribution in [1.82, 2.24) is 10.2 Å². The maximum Gasteiger partial charge on any atom is 0.0741 e. The van der Waals surface area contributed by atoms with Crippen LogP contribution in [0, 0.1) is 5.92 Å². The molecule has 0 amide bonds. The highest BCUT2D eigenvalue weighted by Gasteiger charge is 2.41. The van der Waals surface area contributed by atoms with Crippen molar-refractivity contribution in [2.75, 3.05) is 39.5 Å². The third kappa shape index (κ3) is 3.61. The lowest BCUT2D eigenvalue weighted by Crippen LogP contribution is -2.56. The molecule has 3 fully saturated rings. The second-order valence-corrected chi connectivity index (χ2v) is 7.22. The molecule has 3 rings (SSSR count). The molecule has 3 unspecified atom stereocenters. The van der Waals surface area contributed by atoms with Crippen LogP contribution in [0.25, 0.3) is 0 Å². The van der Waals surface area contributed by atoms with Gasteiger partial charge in [-0.05, 0) is 51.1 Å². The van der Waals surface area contributed by atoms with Crippen LogP contribution < -0.4 is 5.32 Å². The highest BCUT2D eigenvalue weighted by molar-refractivity contribution is 4.94. The molecule has 1 spiro atoms. The number of piperidine rings is 1. The van der Waals surface area contributed by atoms with Crippen LogP contribution in [-0.2, 0) is 9.47 Å². The third-order valence-electron chi connectivity index (χ3n) is 5.79. The maximum atomic E-state index is 6.19. The van der Waals surface area contributed by atoms with E-state index in [0.717, 1.165) is 51.2 Å². The summed E-state index contributed by atoms with van der Waals surface area (Å²) in [7, 11) is 0. The number of hydrogen-bond acceptors (Lipinski definition) is 4. The summed E-state index contributed by atoms with van der Waals surface area (Å²) in [6, 6.07) is 1.44. The molecular formula is C17H32N2O2. The minimum atomic E-state index is 0.128. The van der Waals surface area contributed by atoms with E-state index in [2.05, 4.69) is 24.1 Å². The van der Waals surface area contributed by atoms with E-state index in [1.807, 2.05) is 0 Å². The van der Waals surface area contributed by atoms with Crippen molar-refractivity contribution in [3.63, 3.8) is 0 Å². The van der Waals surface area contributed by atoms with Gasteiger partial charge >= 0.3 is 0 Å². The third-order valence-corrected chi connectivity index (χ3v) is 5.79. The summed E-state index contributed by atoms with van der Waals surface area (Å²) in [6.45, 7) is 10.9. The Balaban J connectivity index is 1.57. The zero-order chi connectivity index (χ0) is 14.7. The number of nitrogens with zero attached hydrogens (tertiary/aromatic N) is 1.